The van der Waals surface area contributed by atoms with Gasteiger partial charge in [-0.1, -0.05) is 24.3 Å². The molecule has 0 saturated carbocycles. The summed E-state index contributed by atoms with van der Waals surface area (Å²) >= 11 is 0. The smallest absolute Gasteiger partial charge is 0.274 e. The number of rotatable bonds is 7. The molecule has 3 rings (SSSR count). The Bertz CT molecular complexity index is 955. The second-order valence-corrected chi connectivity index (χ2v) is 6.26. The second kappa shape index (κ2) is 8.90. The number of hydrogen-bond acceptors (Lipinski definition) is 5. The maximum atomic E-state index is 12.5. The van der Waals surface area contributed by atoms with Crippen LogP contribution in [0.1, 0.15) is 21.6 Å². The van der Waals surface area contributed by atoms with Crippen LogP contribution in [0.3, 0.4) is 0 Å². The molecule has 0 aliphatic rings. The van der Waals surface area contributed by atoms with Crippen molar-refractivity contribution in [1.29, 1.82) is 0 Å². The van der Waals surface area contributed by atoms with Gasteiger partial charge in [0.25, 0.3) is 5.91 Å². The summed E-state index contributed by atoms with van der Waals surface area (Å²) in [7, 11) is 3.22. The van der Waals surface area contributed by atoms with Crippen LogP contribution in [-0.4, -0.2) is 25.1 Å². The number of methoxy groups -OCH3 is 2. The van der Waals surface area contributed by atoms with E-state index >= 15 is 0 Å². The van der Waals surface area contributed by atoms with E-state index in [-0.39, 0.29) is 5.91 Å². The third-order valence-electron chi connectivity index (χ3n) is 4.27. The molecule has 6 nitrogen and oxygen atoms in total. The van der Waals surface area contributed by atoms with Crippen LogP contribution in [0.5, 0.6) is 11.5 Å². The quantitative estimate of drug-likeness (QED) is 0.643. The molecule has 6 heteroatoms. The Morgan fingerprint density at radius 1 is 1.00 bits per heavy atom. The van der Waals surface area contributed by atoms with E-state index < -0.39 is 0 Å². The molecule has 0 bridgehead atoms. The number of para-hydroxylation sites is 1. The standard InChI is InChI=1S/C22H23N3O3/c1-15-8-11-21(28-3)19(12-15)25-22(26)18-10-9-17(14-24-18)23-13-16-6-4-5-7-20(16)27-2/h4-12,14,23H,13H2,1-3H3,(H,25,26). The lowest BCUT2D eigenvalue weighted by Crippen LogP contribution is -2.14. The van der Waals surface area contributed by atoms with E-state index in [0.717, 1.165) is 22.6 Å². The van der Waals surface area contributed by atoms with Crippen LogP contribution in [0, 0.1) is 6.92 Å². The Hall–Kier alpha value is -3.54. The molecular formula is C22H23N3O3. The molecule has 2 aromatic carbocycles. The summed E-state index contributed by atoms with van der Waals surface area (Å²) in [5, 5.41) is 6.13. The van der Waals surface area contributed by atoms with Gasteiger partial charge < -0.3 is 20.1 Å². The van der Waals surface area contributed by atoms with Gasteiger partial charge in [-0.15, -0.1) is 0 Å². The highest BCUT2D eigenvalue weighted by molar-refractivity contribution is 6.03. The Kier molecular flexibility index (Phi) is 6.11. The van der Waals surface area contributed by atoms with E-state index in [4.69, 9.17) is 9.47 Å². The first-order valence-corrected chi connectivity index (χ1v) is 8.88. The lowest BCUT2D eigenvalue weighted by atomic mass is 10.2. The fraction of sp³-hybridized carbons (Fsp3) is 0.182. The highest BCUT2D eigenvalue weighted by atomic mass is 16.5. The monoisotopic (exact) mass is 377 g/mol. The fourth-order valence-corrected chi connectivity index (χ4v) is 2.78. The lowest BCUT2D eigenvalue weighted by Gasteiger charge is -2.12. The Morgan fingerprint density at radius 3 is 2.50 bits per heavy atom. The number of anilines is 2. The summed E-state index contributed by atoms with van der Waals surface area (Å²) < 4.78 is 10.6. The van der Waals surface area contributed by atoms with Crippen LogP contribution in [0.4, 0.5) is 11.4 Å². The SMILES string of the molecule is COc1ccccc1CNc1ccc(C(=O)Nc2cc(C)ccc2OC)nc1. The Labute approximate surface area is 164 Å². The van der Waals surface area contributed by atoms with Crippen LogP contribution in [0.2, 0.25) is 0 Å². The average Bonchev–Trinajstić information content (AvgIpc) is 2.73. The molecule has 3 aromatic rings. The first kappa shape index (κ1) is 19.2. The molecule has 1 heterocycles. The summed E-state index contributed by atoms with van der Waals surface area (Å²) in [6.45, 7) is 2.55. The molecule has 0 aliphatic carbocycles. The molecular weight excluding hydrogens is 354 g/mol. The summed E-state index contributed by atoms with van der Waals surface area (Å²) in [6.07, 6.45) is 1.64. The number of aromatic nitrogens is 1. The normalized spacial score (nSPS) is 10.2. The first-order valence-electron chi connectivity index (χ1n) is 8.88. The summed E-state index contributed by atoms with van der Waals surface area (Å²) in [5.41, 5.74) is 3.83. The fourth-order valence-electron chi connectivity index (χ4n) is 2.78. The molecule has 0 saturated heterocycles. The number of benzene rings is 2. The maximum absolute atomic E-state index is 12.5. The van der Waals surface area contributed by atoms with E-state index in [9.17, 15) is 4.79 Å². The van der Waals surface area contributed by atoms with Crippen LogP contribution in [0.25, 0.3) is 0 Å². The molecule has 0 radical (unpaired) electrons. The number of carbonyl (C=O) groups is 1. The van der Waals surface area contributed by atoms with Crippen LogP contribution in [0.15, 0.2) is 60.8 Å². The number of hydrogen-bond donors (Lipinski definition) is 2. The third-order valence-corrected chi connectivity index (χ3v) is 4.27. The van der Waals surface area contributed by atoms with Gasteiger partial charge in [-0.3, -0.25) is 4.79 Å². The third kappa shape index (κ3) is 4.59. The number of pyridine rings is 1. The van der Waals surface area contributed by atoms with Gasteiger partial charge >= 0.3 is 0 Å². The van der Waals surface area contributed by atoms with Crippen LogP contribution >= 0.6 is 0 Å². The number of carbonyl (C=O) groups excluding carboxylic acids is 1. The maximum Gasteiger partial charge on any atom is 0.274 e. The average molecular weight is 377 g/mol. The molecule has 0 fully saturated rings. The van der Waals surface area contributed by atoms with E-state index in [1.807, 2.05) is 55.5 Å². The van der Waals surface area contributed by atoms with Crippen molar-refractivity contribution in [3.8, 4) is 11.5 Å². The van der Waals surface area contributed by atoms with Crippen molar-refractivity contribution >= 4 is 17.3 Å². The summed E-state index contributed by atoms with van der Waals surface area (Å²) in [4.78, 5) is 16.8. The topological polar surface area (TPSA) is 72.5 Å². The molecule has 28 heavy (non-hydrogen) atoms. The highest BCUT2D eigenvalue weighted by Gasteiger charge is 2.11. The van der Waals surface area contributed by atoms with Gasteiger partial charge in [-0.2, -0.15) is 0 Å². The van der Waals surface area contributed by atoms with Gasteiger partial charge in [0.05, 0.1) is 31.8 Å². The molecule has 1 aromatic heterocycles. The predicted octanol–water partition coefficient (Wildman–Crippen LogP) is 4.27. The Balaban J connectivity index is 1.65. The van der Waals surface area contributed by atoms with Gasteiger partial charge in [-0.25, -0.2) is 4.98 Å². The van der Waals surface area contributed by atoms with E-state index in [1.54, 1.807) is 26.5 Å². The lowest BCUT2D eigenvalue weighted by molar-refractivity contribution is 0.102. The largest absolute Gasteiger partial charge is 0.496 e. The van der Waals surface area contributed by atoms with Crippen molar-refractivity contribution in [1.82, 2.24) is 4.98 Å². The highest BCUT2D eigenvalue weighted by Crippen LogP contribution is 2.25. The predicted molar refractivity (Wildman–Crippen MR) is 110 cm³/mol. The Morgan fingerprint density at radius 2 is 1.79 bits per heavy atom. The van der Waals surface area contributed by atoms with E-state index in [1.165, 1.54) is 0 Å². The molecule has 0 unspecified atom stereocenters. The summed E-state index contributed by atoms with van der Waals surface area (Å²) in [6, 6.07) is 16.9. The van der Waals surface area contributed by atoms with Crippen molar-refractivity contribution in [2.75, 3.05) is 24.9 Å². The van der Waals surface area contributed by atoms with Crippen molar-refractivity contribution < 1.29 is 14.3 Å². The number of ether oxygens (including phenoxy) is 2. The minimum Gasteiger partial charge on any atom is -0.496 e. The van der Waals surface area contributed by atoms with E-state index in [2.05, 4.69) is 15.6 Å². The molecule has 0 atom stereocenters. The summed E-state index contributed by atoms with van der Waals surface area (Å²) in [5.74, 6) is 1.14. The first-order chi connectivity index (χ1) is 13.6. The number of nitrogens with one attached hydrogen (secondary N) is 2. The zero-order valence-electron chi connectivity index (χ0n) is 16.2. The zero-order valence-corrected chi connectivity index (χ0v) is 16.2. The van der Waals surface area contributed by atoms with Crippen LogP contribution < -0.4 is 20.1 Å². The molecule has 144 valence electrons. The van der Waals surface area contributed by atoms with Gasteiger partial charge in [0.1, 0.15) is 17.2 Å². The minimum atomic E-state index is -0.292. The zero-order chi connectivity index (χ0) is 19.9. The van der Waals surface area contributed by atoms with Crippen molar-refractivity contribution in [2.45, 2.75) is 13.5 Å². The van der Waals surface area contributed by atoms with Gasteiger partial charge in [0, 0.05) is 12.1 Å². The number of aryl methyl sites for hydroxylation is 1. The molecule has 2 N–H and O–H groups in total. The van der Waals surface area contributed by atoms with E-state index in [0.29, 0.717) is 23.7 Å². The van der Waals surface area contributed by atoms with Crippen molar-refractivity contribution in [3.05, 3.63) is 77.6 Å². The minimum absolute atomic E-state index is 0.292. The van der Waals surface area contributed by atoms with Crippen molar-refractivity contribution in [3.63, 3.8) is 0 Å². The van der Waals surface area contributed by atoms with Gasteiger partial charge in [-0.05, 0) is 42.8 Å². The van der Waals surface area contributed by atoms with Gasteiger partial charge in [0.15, 0.2) is 0 Å². The van der Waals surface area contributed by atoms with Crippen LogP contribution in [-0.2, 0) is 6.54 Å². The molecule has 0 spiro atoms. The number of nitrogens with zero attached hydrogens (tertiary/aromatic N) is 1. The molecule has 0 aliphatic heterocycles. The molecule has 1 amide bonds. The second-order valence-electron chi connectivity index (χ2n) is 6.26. The van der Waals surface area contributed by atoms with Gasteiger partial charge in [0.2, 0.25) is 0 Å². The van der Waals surface area contributed by atoms with Crippen molar-refractivity contribution in [2.24, 2.45) is 0 Å². The number of amides is 1.